The molecule has 0 bridgehead atoms. The molecule has 1 unspecified atom stereocenters. The first-order valence-electron chi connectivity index (χ1n) is 7.07. The van der Waals surface area contributed by atoms with Crippen molar-refractivity contribution in [2.75, 3.05) is 6.26 Å². The van der Waals surface area contributed by atoms with E-state index in [4.69, 9.17) is 5.11 Å². The van der Waals surface area contributed by atoms with Gasteiger partial charge in [0, 0.05) is 17.6 Å². The van der Waals surface area contributed by atoms with Crippen LogP contribution in [-0.2, 0) is 11.8 Å². The van der Waals surface area contributed by atoms with E-state index in [-0.39, 0.29) is 12.3 Å². The first kappa shape index (κ1) is 17.1. The summed E-state index contributed by atoms with van der Waals surface area (Å²) in [6.07, 6.45) is 3.28. The molecule has 0 spiro atoms. The number of carbonyl (C=O) groups excluding carboxylic acids is 1. The van der Waals surface area contributed by atoms with Gasteiger partial charge in [-0.25, -0.2) is 0 Å². The van der Waals surface area contributed by atoms with Crippen LogP contribution in [0.3, 0.4) is 0 Å². The second-order valence-corrected chi connectivity index (χ2v) is 6.04. The number of rotatable bonds is 6. The van der Waals surface area contributed by atoms with Gasteiger partial charge in [-0.3, -0.25) is 14.3 Å². The standard InChI is InChI=1S/C16H19N3O3S/c1-10-13(9-17-19(10)2)16(22)18-14(8-15(20)21)11-4-6-12(23-3)7-5-11/h4-7,9,14H,8H2,1-3H3,(H,18,22)(H,20,21). The van der Waals surface area contributed by atoms with Crippen molar-refractivity contribution in [1.82, 2.24) is 15.1 Å². The van der Waals surface area contributed by atoms with E-state index in [0.29, 0.717) is 5.56 Å². The Morgan fingerprint density at radius 3 is 2.48 bits per heavy atom. The Labute approximate surface area is 138 Å². The first-order chi connectivity index (χ1) is 10.9. The smallest absolute Gasteiger partial charge is 0.305 e. The molecule has 2 N–H and O–H groups in total. The molecule has 6 nitrogen and oxygen atoms in total. The molecule has 1 aromatic heterocycles. The van der Waals surface area contributed by atoms with Crippen molar-refractivity contribution in [1.29, 1.82) is 0 Å². The molecule has 0 fully saturated rings. The molecule has 0 radical (unpaired) electrons. The van der Waals surface area contributed by atoms with E-state index >= 15 is 0 Å². The highest BCUT2D eigenvalue weighted by atomic mass is 32.2. The summed E-state index contributed by atoms with van der Waals surface area (Å²) in [7, 11) is 1.75. The summed E-state index contributed by atoms with van der Waals surface area (Å²) in [6.45, 7) is 1.79. The van der Waals surface area contributed by atoms with Crippen LogP contribution in [-0.4, -0.2) is 33.0 Å². The van der Waals surface area contributed by atoms with E-state index in [1.807, 2.05) is 30.5 Å². The summed E-state index contributed by atoms with van der Waals surface area (Å²) in [4.78, 5) is 24.6. The van der Waals surface area contributed by atoms with Gasteiger partial charge in [0.05, 0.1) is 24.2 Å². The predicted molar refractivity (Wildman–Crippen MR) is 88.6 cm³/mol. The highest BCUT2D eigenvalue weighted by Crippen LogP contribution is 2.22. The predicted octanol–water partition coefficient (Wildman–Crippen LogP) is 2.40. The van der Waals surface area contributed by atoms with Gasteiger partial charge >= 0.3 is 5.97 Å². The average molecular weight is 333 g/mol. The maximum absolute atomic E-state index is 12.4. The number of amides is 1. The van der Waals surface area contributed by atoms with Crippen molar-refractivity contribution < 1.29 is 14.7 Å². The molecule has 0 aliphatic carbocycles. The number of carboxylic acids is 1. The van der Waals surface area contributed by atoms with Crippen LogP contribution in [0, 0.1) is 6.92 Å². The number of benzene rings is 1. The van der Waals surface area contributed by atoms with Crippen molar-refractivity contribution in [3.8, 4) is 0 Å². The van der Waals surface area contributed by atoms with Crippen molar-refractivity contribution >= 4 is 23.6 Å². The lowest BCUT2D eigenvalue weighted by molar-refractivity contribution is -0.137. The number of aliphatic carboxylic acids is 1. The number of hydrogen-bond donors (Lipinski definition) is 2. The van der Waals surface area contributed by atoms with E-state index in [1.54, 1.807) is 30.4 Å². The number of carboxylic acid groups (broad SMARTS) is 1. The Morgan fingerprint density at radius 2 is 2.00 bits per heavy atom. The van der Waals surface area contributed by atoms with Crippen molar-refractivity contribution in [2.24, 2.45) is 7.05 Å². The zero-order valence-corrected chi connectivity index (χ0v) is 14.1. The Kier molecular flexibility index (Phi) is 5.44. The summed E-state index contributed by atoms with van der Waals surface area (Å²) in [5.74, 6) is -1.29. The highest BCUT2D eigenvalue weighted by Gasteiger charge is 2.21. The number of aryl methyl sites for hydroxylation is 1. The minimum Gasteiger partial charge on any atom is -0.481 e. The zero-order chi connectivity index (χ0) is 17.0. The van der Waals surface area contributed by atoms with Crippen LogP contribution in [0.4, 0.5) is 0 Å². The molecule has 0 aliphatic rings. The molecule has 7 heteroatoms. The van der Waals surface area contributed by atoms with Gasteiger partial charge in [0.1, 0.15) is 0 Å². The third-order valence-corrected chi connectivity index (χ3v) is 4.43. The maximum Gasteiger partial charge on any atom is 0.305 e. The van der Waals surface area contributed by atoms with E-state index < -0.39 is 12.0 Å². The summed E-state index contributed by atoms with van der Waals surface area (Å²) in [5, 5.41) is 15.9. The van der Waals surface area contributed by atoms with Crippen molar-refractivity contribution in [3.63, 3.8) is 0 Å². The second-order valence-electron chi connectivity index (χ2n) is 5.16. The van der Waals surface area contributed by atoms with Gasteiger partial charge in [-0.15, -0.1) is 11.8 Å². The fraction of sp³-hybridized carbons (Fsp3) is 0.312. The van der Waals surface area contributed by atoms with E-state index in [1.165, 1.54) is 6.20 Å². The van der Waals surface area contributed by atoms with Crippen LogP contribution in [0.25, 0.3) is 0 Å². The molecule has 0 saturated carbocycles. The van der Waals surface area contributed by atoms with Crippen molar-refractivity contribution in [3.05, 3.63) is 47.3 Å². The molecule has 2 aromatic rings. The topological polar surface area (TPSA) is 84.2 Å². The Balaban J connectivity index is 2.22. The van der Waals surface area contributed by atoms with E-state index in [0.717, 1.165) is 16.2 Å². The van der Waals surface area contributed by atoms with E-state index in [9.17, 15) is 9.59 Å². The monoisotopic (exact) mass is 333 g/mol. The quantitative estimate of drug-likeness (QED) is 0.793. The minimum absolute atomic E-state index is 0.177. The van der Waals surface area contributed by atoms with Gasteiger partial charge in [-0.2, -0.15) is 5.10 Å². The molecule has 1 amide bonds. The number of hydrogen-bond acceptors (Lipinski definition) is 4. The fourth-order valence-corrected chi connectivity index (χ4v) is 2.63. The average Bonchev–Trinajstić information content (AvgIpc) is 2.86. The molecule has 0 saturated heterocycles. The van der Waals surface area contributed by atoms with Crippen LogP contribution in [0.1, 0.15) is 34.1 Å². The summed E-state index contributed by atoms with van der Waals surface area (Å²) in [6, 6.07) is 6.92. The molecule has 122 valence electrons. The van der Waals surface area contributed by atoms with Crippen LogP contribution in [0.15, 0.2) is 35.4 Å². The van der Waals surface area contributed by atoms with Gasteiger partial charge in [0.15, 0.2) is 0 Å². The lowest BCUT2D eigenvalue weighted by Crippen LogP contribution is -2.30. The normalized spacial score (nSPS) is 12.0. The number of carbonyl (C=O) groups is 2. The molecule has 0 aliphatic heterocycles. The number of thioether (sulfide) groups is 1. The van der Waals surface area contributed by atoms with Crippen LogP contribution in [0.5, 0.6) is 0 Å². The van der Waals surface area contributed by atoms with Crippen LogP contribution < -0.4 is 5.32 Å². The molecular weight excluding hydrogens is 314 g/mol. The van der Waals surface area contributed by atoms with Crippen LogP contribution in [0.2, 0.25) is 0 Å². The van der Waals surface area contributed by atoms with Crippen molar-refractivity contribution in [2.45, 2.75) is 24.3 Å². The van der Waals surface area contributed by atoms with Gasteiger partial charge < -0.3 is 10.4 Å². The van der Waals surface area contributed by atoms with Crippen LogP contribution >= 0.6 is 11.8 Å². The van der Waals surface area contributed by atoms with Gasteiger partial charge in [0.25, 0.3) is 5.91 Å². The second kappa shape index (κ2) is 7.32. The SMILES string of the molecule is CSc1ccc(C(CC(=O)O)NC(=O)c2cnn(C)c2C)cc1. The highest BCUT2D eigenvalue weighted by molar-refractivity contribution is 7.98. The Bertz CT molecular complexity index is 710. The van der Waals surface area contributed by atoms with Gasteiger partial charge in [-0.1, -0.05) is 12.1 Å². The fourth-order valence-electron chi connectivity index (χ4n) is 2.22. The zero-order valence-electron chi connectivity index (χ0n) is 13.2. The third-order valence-electron chi connectivity index (χ3n) is 3.68. The minimum atomic E-state index is -0.966. The van der Waals surface area contributed by atoms with Gasteiger partial charge in [-0.05, 0) is 30.9 Å². The summed E-state index contributed by atoms with van der Waals surface area (Å²) < 4.78 is 1.61. The largest absolute Gasteiger partial charge is 0.481 e. The summed E-state index contributed by atoms with van der Waals surface area (Å²) >= 11 is 1.60. The Morgan fingerprint density at radius 1 is 1.35 bits per heavy atom. The number of nitrogens with zero attached hydrogens (tertiary/aromatic N) is 2. The van der Waals surface area contributed by atoms with Gasteiger partial charge in [0.2, 0.25) is 0 Å². The Hall–Kier alpha value is -2.28. The van der Waals surface area contributed by atoms with E-state index in [2.05, 4.69) is 10.4 Å². The molecule has 1 atom stereocenters. The number of aromatic nitrogens is 2. The molecule has 23 heavy (non-hydrogen) atoms. The molecule has 2 rings (SSSR count). The number of nitrogens with one attached hydrogen (secondary N) is 1. The first-order valence-corrected chi connectivity index (χ1v) is 8.30. The molecule has 1 aromatic carbocycles. The lowest BCUT2D eigenvalue weighted by atomic mass is 10.0. The molecule has 1 heterocycles. The molecular formula is C16H19N3O3S. The summed E-state index contributed by atoms with van der Waals surface area (Å²) in [5.41, 5.74) is 1.94. The third kappa shape index (κ3) is 4.13. The lowest BCUT2D eigenvalue weighted by Gasteiger charge is -2.17. The maximum atomic E-state index is 12.4.